The van der Waals surface area contributed by atoms with Crippen molar-refractivity contribution in [3.8, 4) is 0 Å². The van der Waals surface area contributed by atoms with Gasteiger partial charge in [-0.2, -0.15) is 4.31 Å². The van der Waals surface area contributed by atoms with Gasteiger partial charge in [0.15, 0.2) is 0 Å². The van der Waals surface area contributed by atoms with Crippen molar-refractivity contribution in [2.45, 2.75) is 37.5 Å². The van der Waals surface area contributed by atoms with E-state index in [2.05, 4.69) is 28.1 Å². The van der Waals surface area contributed by atoms with E-state index in [0.717, 1.165) is 62.5 Å². The molecule has 2 aliphatic heterocycles. The van der Waals surface area contributed by atoms with Gasteiger partial charge >= 0.3 is 0 Å². The molecule has 0 unspecified atom stereocenters. The highest BCUT2D eigenvalue weighted by molar-refractivity contribution is 7.89. The van der Waals surface area contributed by atoms with Gasteiger partial charge < -0.3 is 15.1 Å². The normalized spacial score (nSPS) is 17.9. The summed E-state index contributed by atoms with van der Waals surface area (Å²) in [6.07, 6.45) is 2.75. The van der Waals surface area contributed by atoms with Crippen molar-refractivity contribution >= 4 is 27.3 Å². The van der Waals surface area contributed by atoms with Crippen LogP contribution in [-0.4, -0.2) is 69.3 Å². The van der Waals surface area contributed by atoms with Crippen molar-refractivity contribution in [3.05, 3.63) is 54.1 Å². The smallest absolute Gasteiger partial charge is 0.243 e. The number of para-hydroxylation sites is 2. The van der Waals surface area contributed by atoms with Crippen molar-refractivity contribution in [1.82, 2.24) is 9.21 Å². The van der Waals surface area contributed by atoms with Crippen LogP contribution in [0.15, 0.2) is 53.4 Å². The van der Waals surface area contributed by atoms with Gasteiger partial charge in [-0.1, -0.05) is 31.2 Å². The summed E-state index contributed by atoms with van der Waals surface area (Å²) in [5.74, 6) is -0.0385. The Kier molecular flexibility index (Phi) is 7.67. The van der Waals surface area contributed by atoms with Crippen molar-refractivity contribution in [3.63, 3.8) is 0 Å². The lowest BCUT2D eigenvalue weighted by molar-refractivity contribution is -0.116. The molecule has 0 atom stereocenters. The molecule has 0 radical (unpaired) electrons. The second kappa shape index (κ2) is 10.7. The molecule has 0 spiro atoms. The minimum Gasteiger partial charge on any atom is -0.367 e. The maximum atomic E-state index is 12.7. The number of hydrogen-bond acceptors (Lipinski definition) is 5. The molecule has 1 N–H and O–H groups in total. The van der Waals surface area contributed by atoms with E-state index in [1.165, 1.54) is 0 Å². The predicted octanol–water partition coefficient (Wildman–Crippen LogP) is 3.18. The van der Waals surface area contributed by atoms with Gasteiger partial charge in [-0.25, -0.2) is 8.42 Å². The Morgan fingerprint density at radius 2 is 1.58 bits per heavy atom. The summed E-state index contributed by atoms with van der Waals surface area (Å²) in [5, 5.41) is 3.08. The summed E-state index contributed by atoms with van der Waals surface area (Å²) in [4.78, 5) is 17.8. The number of rotatable bonds is 8. The first-order chi connectivity index (χ1) is 16.0. The van der Waals surface area contributed by atoms with Crippen molar-refractivity contribution < 1.29 is 13.2 Å². The van der Waals surface area contributed by atoms with Crippen LogP contribution in [0.4, 0.5) is 11.4 Å². The fraction of sp³-hybridized carbons (Fsp3) is 0.480. The largest absolute Gasteiger partial charge is 0.367 e. The summed E-state index contributed by atoms with van der Waals surface area (Å²) in [6.45, 7) is 8.41. The number of carbonyl (C=O) groups is 1. The van der Waals surface area contributed by atoms with E-state index in [-0.39, 0.29) is 5.91 Å². The number of nitrogens with one attached hydrogen (secondary N) is 1. The molecule has 33 heavy (non-hydrogen) atoms. The maximum Gasteiger partial charge on any atom is 0.243 e. The lowest BCUT2D eigenvalue weighted by Gasteiger charge is -2.36. The van der Waals surface area contributed by atoms with Crippen LogP contribution in [0.2, 0.25) is 0 Å². The highest BCUT2D eigenvalue weighted by Gasteiger charge is 2.27. The van der Waals surface area contributed by atoms with Crippen LogP contribution in [0.1, 0.15) is 31.7 Å². The van der Waals surface area contributed by atoms with E-state index in [9.17, 15) is 13.2 Å². The molecule has 2 aromatic rings. The molecular formula is C25H34N4O3S. The van der Waals surface area contributed by atoms with E-state index in [4.69, 9.17) is 0 Å². The highest BCUT2D eigenvalue weighted by Crippen LogP contribution is 2.27. The average Bonchev–Trinajstić information content (AvgIpc) is 3.40. The van der Waals surface area contributed by atoms with E-state index < -0.39 is 10.0 Å². The van der Waals surface area contributed by atoms with Crippen LogP contribution in [0.25, 0.3) is 0 Å². The molecule has 2 aliphatic rings. The molecule has 2 saturated heterocycles. The molecule has 1 amide bonds. The molecule has 0 saturated carbocycles. The molecule has 178 valence electrons. The number of sulfonamides is 1. The third-order valence-electron chi connectivity index (χ3n) is 6.61. The molecule has 8 heteroatoms. The first kappa shape index (κ1) is 23.7. The first-order valence-electron chi connectivity index (χ1n) is 11.9. The van der Waals surface area contributed by atoms with Gasteiger partial charge in [-0.3, -0.25) is 4.79 Å². The molecule has 0 aromatic heterocycles. The number of aryl methyl sites for hydroxylation is 1. The quantitative estimate of drug-likeness (QED) is 0.642. The third-order valence-corrected chi connectivity index (χ3v) is 8.52. The standard InChI is InChI=1S/C25H34N4O3S/c1-2-27-17-19-28(20-18-27)24-8-4-3-7-23(24)26-25(30)14-11-21-9-12-22(13-10-21)33(31,32)29-15-5-6-16-29/h3-4,7-10,12-13H,2,5-6,11,14-20H2,1H3,(H,26,30). The average molecular weight is 471 g/mol. The number of nitrogens with zero attached hydrogens (tertiary/aromatic N) is 3. The number of piperazine rings is 1. The van der Waals surface area contributed by atoms with Gasteiger partial charge in [0.05, 0.1) is 16.3 Å². The second-order valence-corrected chi connectivity index (χ2v) is 10.7. The number of likely N-dealkylation sites (N-methyl/N-ethyl adjacent to an activating group) is 1. The molecule has 0 bridgehead atoms. The van der Waals surface area contributed by atoms with Crippen LogP contribution in [-0.2, 0) is 21.2 Å². The minimum atomic E-state index is -3.40. The third kappa shape index (κ3) is 5.75. The fourth-order valence-corrected chi connectivity index (χ4v) is 6.05. The van der Waals surface area contributed by atoms with E-state index in [1.54, 1.807) is 16.4 Å². The van der Waals surface area contributed by atoms with Gasteiger partial charge in [0, 0.05) is 45.7 Å². The van der Waals surface area contributed by atoms with Gasteiger partial charge in [0.25, 0.3) is 0 Å². The Hall–Kier alpha value is -2.42. The Morgan fingerprint density at radius 1 is 0.909 bits per heavy atom. The minimum absolute atomic E-state index is 0.0385. The molecule has 2 aromatic carbocycles. The topological polar surface area (TPSA) is 73.0 Å². The van der Waals surface area contributed by atoms with Crippen molar-refractivity contribution in [2.75, 3.05) is 56.0 Å². The monoisotopic (exact) mass is 470 g/mol. The van der Waals surface area contributed by atoms with Crippen LogP contribution < -0.4 is 10.2 Å². The second-order valence-electron chi connectivity index (χ2n) is 8.74. The lowest BCUT2D eigenvalue weighted by Crippen LogP contribution is -2.46. The summed E-state index contributed by atoms with van der Waals surface area (Å²) < 4.78 is 26.9. The van der Waals surface area contributed by atoms with Crippen LogP contribution in [0.3, 0.4) is 0 Å². The Balaban J connectivity index is 1.33. The zero-order chi connectivity index (χ0) is 23.3. The zero-order valence-corrected chi connectivity index (χ0v) is 20.2. The van der Waals surface area contributed by atoms with Gasteiger partial charge in [0.1, 0.15) is 0 Å². The molecular weight excluding hydrogens is 436 g/mol. The molecule has 0 aliphatic carbocycles. The van der Waals surface area contributed by atoms with E-state index in [0.29, 0.717) is 30.8 Å². The number of carbonyl (C=O) groups excluding carboxylic acids is 1. The Bertz CT molecular complexity index is 1040. The zero-order valence-electron chi connectivity index (χ0n) is 19.4. The van der Waals surface area contributed by atoms with Crippen molar-refractivity contribution in [2.24, 2.45) is 0 Å². The van der Waals surface area contributed by atoms with Crippen LogP contribution >= 0.6 is 0 Å². The Morgan fingerprint density at radius 3 is 2.24 bits per heavy atom. The summed E-state index contributed by atoms with van der Waals surface area (Å²) in [6, 6.07) is 14.9. The van der Waals surface area contributed by atoms with E-state index >= 15 is 0 Å². The van der Waals surface area contributed by atoms with Crippen LogP contribution in [0, 0.1) is 0 Å². The molecule has 2 heterocycles. The van der Waals surface area contributed by atoms with Gasteiger partial charge in [-0.15, -0.1) is 0 Å². The highest BCUT2D eigenvalue weighted by atomic mass is 32.2. The molecule has 4 rings (SSSR count). The molecule has 2 fully saturated rings. The lowest BCUT2D eigenvalue weighted by atomic mass is 10.1. The van der Waals surface area contributed by atoms with Crippen molar-refractivity contribution in [1.29, 1.82) is 0 Å². The Labute approximate surface area is 197 Å². The van der Waals surface area contributed by atoms with Crippen LogP contribution in [0.5, 0.6) is 0 Å². The number of hydrogen-bond donors (Lipinski definition) is 1. The van der Waals surface area contributed by atoms with Gasteiger partial charge in [-0.05, 0) is 55.6 Å². The summed E-state index contributed by atoms with van der Waals surface area (Å²) in [5.41, 5.74) is 2.87. The summed E-state index contributed by atoms with van der Waals surface area (Å²) in [7, 11) is -3.40. The fourth-order valence-electron chi connectivity index (χ4n) is 4.54. The maximum absolute atomic E-state index is 12.7. The van der Waals surface area contributed by atoms with Gasteiger partial charge in [0.2, 0.25) is 15.9 Å². The number of amides is 1. The first-order valence-corrected chi connectivity index (χ1v) is 13.4. The molecule has 7 nitrogen and oxygen atoms in total. The summed E-state index contributed by atoms with van der Waals surface area (Å²) >= 11 is 0. The van der Waals surface area contributed by atoms with E-state index in [1.807, 2.05) is 30.3 Å². The predicted molar refractivity (Wildman–Crippen MR) is 132 cm³/mol. The number of benzene rings is 2. The SMILES string of the molecule is CCN1CCN(c2ccccc2NC(=O)CCc2ccc(S(=O)(=O)N3CCCC3)cc2)CC1. The number of anilines is 2.